The van der Waals surface area contributed by atoms with Gasteiger partial charge in [0, 0.05) is 18.3 Å². The van der Waals surface area contributed by atoms with Crippen molar-refractivity contribution in [2.75, 3.05) is 25.5 Å². The van der Waals surface area contributed by atoms with Crippen LogP contribution in [0, 0.1) is 6.92 Å². The van der Waals surface area contributed by atoms with Crippen molar-refractivity contribution >= 4 is 24.0 Å². The lowest BCUT2D eigenvalue weighted by Gasteiger charge is -2.35. The fraction of sp³-hybridized carbons (Fsp3) is 0.562. The van der Waals surface area contributed by atoms with Gasteiger partial charge in [-0.1, -0.05) is 12.1 Å². The summed E-state index contributed by atoms with van der Waals surface area (Å²) in [6.07, 6.45) is 2.34. The second-order valence-electron chi connectivity index (χ2n) is 5.66. The molecule has 2 atom stereocenters. The van der Waals surface area contributed by atoms with Crippen molar-refractivity contribution in [3.63, 3.8) is 0 Å². The second-order valence-corrected chi connectivity index (χ2v) is 5.66. The van der Waals surface area contributed by atoms with Crippen LogP contribution in [-0.2, 0) is 4.79 Å². The summed E-state index contributed by atoms with van der Waals surface area (Å²) >= 11 is 0. The zero-order valence-electron chi connectivity index (χ0n) is 13.1. The first-order valence-corrected chi connectivity index (χ1v) is 7.39. The Morgan fingerprint density at radius 3 is 2.86 bits per heavy atom. The number of carbonyl (C=O) groups is 1. The first-order valence-electron chi connectivity index (χ1n) is 7.39. The van der Waals surface area contributed by atoms with E-state index in [1.54, 1.807) is 0 Å². The normalized spacial score (nSPS) is 20.4. The van der Waals surface area contributed by atoms with Gasteiger partial charge in [0.15, 0.2) is 0 Å². The number of likely N-dealkylation sites (N-methyl/N-ethyl adjacent to an activating group) is 1. The van der Waals surface area contributed by atoms with Gasteiger partial charge in [0.1, 0.15) is 0 Å². The quantitative estimate of drug-likeness (QED) is 0.897. The van der Waals surface area contributed by atoms with Crippen LogP contribution >= 0.6 is 12.4 Å². The van der Waals surface area contributed by atoms with Gasteiger partial charge in [-0.2, -0.15) is 0 Å². The van der Waals surface area contributed by atoms with Crippen molar-refractivity contribution in [2.24, 2.45) is 0 Å². The van der Waals surface area contributed by atoms with E-state index >= 15 is 0 Å². The minimum Gasteiger partial charge on any atom is -0.325 e. The van der Waals surface area contributed by atoms with Crippen LogP contribution in [0.15, 0.2) is 24.3 Å². The summed E-state index contributed by atoms with van der Waals surface area (Å²) in [6.45, 7) is 5.96. The number of amides is 1. The number of hydrogen-bond donors (Lipinski definition) is 2. The number of nitrogens with zero attached hydrogens (tertiary/aromatic N) is 1. The number of likely N-dealkylation sites (tertiary alicyclic amines) is 1. The van der Waals surface area contributed by atoms with Crippen LogP contribution in [0.5, 0.6) is 0 Å². The third kappa shape index (κ3) is 4.99. The summed E-state index contributed by atoms with van der Waals surface area (Å²) < 4.78 is 0. The molecule has 1 aliphatic heterocycles. The first-order chi connectivity index (χ1) is 9.60. The molecule has 0 aliphatic carbocycles. The van der Waals surface area contributed by atoms with Crippen molar-refractivity contribution < 1.29 is 4.79 Å². The molecule has 118 valence electrons. The molecule has 1 fully saturated rings. The molecule has 2 rings (SSSR count). The fourth-order valence-corrected chi connectivity index (χ4v) is 2.73. The molecule has 1 saturated heterocycles. The Labute approximate surface area is 133 Å². The zero-order valence-corrected chi connectivity index (χ0v) is 13.9. The Hall–Kier alpha value is -1.10. The average molecular weight is 312 g/mol. The Morgan fingerprint density at radius 1 is 1.43 bits per heavy atom. The van der Waals surface area contributed by atoms with E-state index in [4.69, 9.17) is 0 Å². The molecule has 2 unspecified atom stereocenters. The van der Waals surface area contributed by atoms with Gasteiger partial charge < -0.3 is 10.6 Å². The Bertz CT molecular complexity index is 467. The molecule has 1 heterocycles. The summed E-state index contributed by atoms with van der Waals surface area (Å²) in [7, 11) is 1.99. The fourth-order valence-electron chi connectivity index (χ4n) is 2.73. The Kier molecular flexibility index (Phi) is 7.15. The summed E-state index contributed by atoms with van der Waals surface area (Å²) in [6, 6.07) is 8.33. The molecule has 2 N–H and O–H groups in total. The molecule has 1 amide bonds. The van der Waals surface area contributed by atoms with Gasteiger partial charge in [0.2, 0.25) is 5.91 Å². The van der Waals surface area contributed by atoms with Gasteiger partial charge in [-0.3, -0.25) is 9.69 Å². The Balaban J connectivity index is 0.00000220. The third-order valence-corrected chi connectivity index (χ3v) is 4.07. The minimum absolute atomic E-state index is 0. The van der Waals surface area contributed by atoms with E-state index in [9.17, 15) is 4.79 Å². The number of carbonyl (C=O) groups excluding carboxylic acids is 1. The third-order valence-electron chi connectivity index (χ3n) is 4.07. The molecule has 1 aliphatic rings. The number of nitrogens with one attached hydrogen (secondary N) is 2. The van der Waals surface area contributed by atoms with Gasteiger partial charge in [-0.25, -0.2) is 0 Å². The van der Waals surface area contributed by atoms with E-state index < -0.39 is 0 Å². The highest BCUT2D eigenvalue weighted by Crippen LogP contribution is 2.15. The van der Waals surface area contributed by atoms with Crippen molar-refractivity contribution in [1.82, 2.24) is 10.2 Å². The van der Waals surface area contributed by atoms with E-state index in [2.05, 4.69) is 15.5 Å². The van der Waals surface area contributed by atoms with Gasteiger partial charge in [-0.05, 0) is 58.0 Å². The number of hydrogen-bond acceptors (Lipinski definition) is 3. The summed E-state index contributed by atoms with van der Waals surface area (Å²) in [5.74, 6) is 0.0763. The van der Waals surface area contributed by atoms with E-state index in [1.807, 2.05) is 45.2 Å². The molecule has 1 aromatic carbocycles. The Morgan fingerprint density at radius 2 is 2.19 bits per heavy atom. The van der Waals surface area contributed by atoms with Crippen molar-refractivity contribution in [3.05, 3.63) is 29.8 Å². The molecule has 4 nitrogen and oxygen atoms in total. The number of aryl methyl sites for hydroxylation is 1. The number of halogens is 1. The molecular weight excluding hydrogens is 286 g/mol. The van der Waals surface area contributed by atoms with E-state index in [-0.39, 0.29) is 24.4 Å². The van der Waals surface area contributed by atoms with Gasteiger partial charge >= 0.3 is 0 Å². The molecule has 0 saturated carbocycles. The van der Waals surface area contributed by atoms with Crippen molar-refractivity contribution in [3.8, 4) is 0 Å². The van der Waals surface area contributed by atoms with Crippen LogP contribution in [0.4, 0.5) is 5.69 Å². The maximum absolute atomic E-state index is 12.3. The summed E-state index contributed by atoms with van der Waals surface area (Å²) in [5, 5.41) is 6.32. The smallest absolute Gasteiger partial charge is 0.241 e. The van der Waals surface area contributed by atoms with Crippen LogP contribution in [0.2, 0.25) is 0 Å². The average Bonchev–Trinajstić information content (AvgIpc) is 2.46. The topological polar surface area (TPSA) is 44.4 Å². The van der Waals surface area contributed by atoms with E-state index in [0.29, 0.717) is 6.04 Å². The molecule has 0 radical (unpaired) electrons. The second kappa shape index (κ2) is 8.37. The predicted octanol–water partition coefficient (Wildman–Crippen LogP) is 2.43. The van der Waals surface area contributed by atoms with Crippen LogP contribution in [0.3, 0.4) is 0 Å². The van der Waals surface area contributed by atoms with Crippen LogP contribution in [-0.4, -0.2) is 43.0 Å². The molecule has 0 aromatic heterocycles. The highest BCUT2D eigenvalue weighted by atomic mass is 35.5. The molecule has 1 aromatic rings. The molecule has 0 bridgehead atoms. The van der Waals surface area contributed by atoms with Crippen LogP contribution in [0.1, 0.15) is 25.3 Å². The highest BCUT2D eigenvalue weighted by Gasteiger charge is 2.26. The SMILES string of the molecule is CNC1CCCN(C(C)C(=O)Nc2cccc(C)c2)C1.Cl. The van der Waals surface area contributed by atoms with Gasteiger partial charge in [0.05, 0.1) is 6.04 Å². The largest absolute Gasteiger partial charge is 0.325 e. The molecule has 21 heavy (non-hydrogen) atoms. The summed E-state index contributed by atoms with van der Waals surface area (Å²) in [4.78, 5) is 14.6. The maximum Gasteiger partial charge on any atom is 0.241 e. The monoisotopic (exact) mass is 311 g/mol. The lowest BCUT2D eigenvalue weighted by molar-refractivity contribution is -0.121. The molecular formula is C16H26ClN3O. The van der Waals surface area contributed by atoms with Crippen molar-refractivity contribution in [2.45, 2.75) is 38.8 Å². The zero-order chi connectivity index (χ0) is 14.5. The standard InChI is InChI=1S/C16H25N3O.ClH/c1-12-6-4-7-14(10-12)18-16(20)13(2)19-9-5-8-15(11-19)17-3;/h4,6-7,10,13,15,17H,5,8-9,11H2,1-3H3,(H,18,20);1H. The van der Waals surface area contributed by atoms with Crippen LogP contribution < -0.4 is 10.6 Å². The van der Waals surface area contributed by atoms with E-state index in [1.165, 1.54) is 6.42 Å². The van der Waals surface area contributed by atoms with Crippen molar-refractivity contribution in [1.29, 1.82) is 0 Å². The first kappa shape index (κ1) is 18.0. The highest BCUT2D eigenvalue weighted by molar-refractivity contribution is 5.94. The van der Waals surface area contributed by atoms with Gasteiger partial charge in [-0.15, -0.1) is 12.4 Å². The molecule has 0 spiro atoms. The lowest BCUT2D eigenvalue weighted by atomic mass is 10.0. The summed E-state index contributed by atoms with van der Waals surface area (Å²) in [5.41, 5.74) is 2.03. The number of benzene rings is 1. The molecule has 5 heteroatoms. The lowest BCUT2D eigenvalue weighted by Crippen LogP contribution is -2.51. The number of anilines is 1. The minimum atomic E-state index is -0.0911. The maximum atomic E-state index is 12.3. The van der Waals surface area contributed by atoms with Crippen LogP contribution in [0.25, 0.3) is 0 Å². The predicted molar refractivity (Wildman–Crippen MR) is 90.2 cm³/mol. The van der Waals surface area contributed by atoms with E-state index in [0.717, 1.165) is 30.8 Å². The van der Waals surface area contributed by atoms with Gasteiger partial charge in [0.25, 0.3) is 0 Å². The number of piperidine rings is 1. The number of rotatable bonds is 4.